The first-order valence-electron chi connectivity index (χ1n) is 7.92. The number of sulfonamides is 1. The number of aryl methyl sites for hydroxylation is 1. The van der Waals surface area contributed by atoms with E-state index < -0.39 is 38.5 Å². The number of benzene rings is 2. The van der Waals surface area contributed by atoms with Crippen molar-refractivity contribution in [3.63, 3.8) is 0 Å². The molecule has 0 bridgehead atoms. The first-order chi connectivity index (χ1) is 12.9. The van der Waals surface area contributed by atoms with Crippen molar-refractivity contribution in [2.75, 3.05) is 15.9 Å². The van der Waals surface area contributed by atoms with Crippen LogP contribution in [0.2, 0.25) is 0 Å². The Morgan fingerprint density at radius 1 is 1.18 bits per heavy atom. The molecule has 1 amide bonds. The zero-order valence-corrected chi connectivity index (χ0v) is 16.0. The van der Waals surface area contributed by atoms with Crippen LogP contribution >= 0.6 is 0 Å². The first-order valence-corrected chi connectivity index (χ1v) is 9.77. The predicted octanol–water partition coefficient (Wildman–Crippen LogP) is 2.97. The summed E-state index contributed by atoms with van der Waals surface area (Å²) in [6.45, 7) is 2.81. The van der Waals surface area contributed by atoms with Crippen LogP contribution in [0.1, 0.15) is 12.5 Å². The molecule has 0 saturated heterocycles. The maximum atomic E-state index is 13.3. The van der Waals surface area contributed by atoms with Gasteiger partial charge in [-0.3, -0.25) is 19.2 Å². The van der Waals surface area contributed by atoms with E-state index >= 15 is 0 Å². The molecule has 8 nitrogen and oxygen atoms in total. The van der Waals surface area contributed by atoms with Gasteiger partial charge in [-0.2, -0.15) is 0 Å². The Morgan fingerprint density at radius 2 is 1.82 bits per heavy atom. The van der Waals surface area contributed by atoms with Crippen molar-refractivity contribution in [1.82, 2.24) is 0 Å². The van der Waals surface area contributed by atoms with Crippen LogP contribution in [0.25, 0.3) is 0 Å². The van der Waals surface area contributed by atoms with Gasteiger partial charge in [0.25, 0.3) is 5.69 Å². The van der Waals surface area contributed by atoms with E-state index in [1.807, 2.05) is 0 Å². The summed E-state index contributed by atoms with van der Waals surface area (Å²) in [6.07, 6.45) is 0.854. The molecule has 0 saturated carbocycles. The lowest BCUT2D eigenvalue weighted by atomic mass is 10.1. The predicted molar refractivity (Wildman–Crippen MR) is 99.6 cm³/mol. The van der Waals surface area contributed by atoms with Gasteiger partial charge in [0.15, 0.2) is 11.6 Å². The van der Waals surface area contributed by atoms with Crippen molar-refractivity contribution in [2.45, 2.75) is 19.9 Å². The number of hydrogen-bond donors (Lipinski definition) is 1. The van der Waals surface area contributed by atoms with Crippen molar-refractivity contribution in [1.29, 1.82) is 0 Å². The number of halogens is 2. The van der Waals surface area contributed by atoms with Gasteiger partial charge in [-0.15, -0.1) is 0 Å². The second-order valence-corrected chi connectivity index (χ2v) is 7.94. The standard InChI is InChI=1S/C17H17F2N3O5S/c1-10-4-6-13(22(24)25)9-16(10)21(28(3,26)27)11(2)17(23)20-12-5-7-14(18)15(19)8-12/h4-9,11H,1-3H3,(H,20,23). The number of nitrogens with one attached hydrogen (secondary N) is 1. The monoisotopic (exact) mass is 413 g/mol. The summed E-state index contributed by atoms with van der Waals surface area (Å²) in [5, 5.41) is 13.3. The Hall–Kier alpha value is -3.08. The SMILES string of the molecule is Cc1ccc([N+](=O)[O-])cc1N(C(C)C(=O)Nc1ccc(F)c(F)c1)S(C)(=O)=O. The third kappa shape index (κ3) is 4.60. The van der Waals surface area contributed by atoms with E-state index in [1.165, 1.54) is 26.0 Å². The van der Waals surface area contributed by atoms with Gasteiger partial charge in [0.05, 0.1) is 16.9 Å². The van der Waals surface area contributed by atoms with Gasteiger partial charge in [-0.05, 0) is 31.5 Å². The molecule has 1 atom stereocenters. The molecule has 0 heterocycles. The van der Waals surface area contributed by atoms with Crippen LogP contribution in [0, 0.1) is 28.7 Å². The third-order valence-corrected chi connectivity index (χ3v) is 5.14. The maximum Gasteiger partial charge on any atom is 0.271 e. The third-order valence-electron chi connectivity index (χ3n) is 3.92. The smallest absolute Gasteiger partial charge is 0.271 e. The van der Waals surface area contributed by atoms with Crippen LogP contribution in [0.5, 0.6) is 0 Å². The summed E-state index contributed by atoms with van der Waals surface area (Å²) in [6, 6.07) is 4.99. The molecular weight excluding hydrogens is 396 g/mol. The number of carbonyl (C=O) groups excluding carboxylic acids is 1. The summed E-state index contributed by atoms with van der Waals surface area (Å²) in [5.74, 6) is -3.11. The highest BCUT2D eigenvalue weighted by Gasteiger charge is 2.31. The topological polar surface area (TPSA) is 110 Å². The van der Waals surface area contributed by atoms with E-state index in [2.05, 4.69) is 5.32 Å². The highest BCUT2D eigenvalue weighted by atomic mass is 32.2. The van der Waals surface area contributed by atoms with Crippen molar-refractivity contribution in [3.05, 3.63) is 63.7 Å². The number of rotatable bonds is 6. The Labute approximate surface area is 160 Å². The molecule has 150 valence electrons. The first kappa shape index (κ1) is 21.2. The van der Waals surface area contributed by atoms with E-state index in [0.29, 0.717) is 5.56 Å². The molecule has 1 N–H and O–H groups in total. The molecule has 0 aliphatic carbocycles. The molecule has 28 heavy (non-hydrogen) atoms. The van der Waals surface area contributed by atoms with Crippen molar-refractivity contribution < 1.29 is 26.9 Å². The van der Waals surface area contributed by atoms with Crippen molar-refractivity contribution in [2.24, 2.45) is 0 Å². The van der Waals surface area contributed by atoms with E-state index in [1.54, 1.807) is 0 Å². The van der Waals surface area contributed by atoms with Gasteiger partial charge in [0.1, 0.15) is 6.04 Å². The number of amides is 1. The Bertz CT molecular complexity index is 1040. The fourth-order valence-electron chi connectivity index (χ4n) is 2.55. The second kappa shape index (κ2) is 7.89. The van der Waals surface area contributed by atoms with Crippen LogP contribution in [0.15, 0.2) is 36.4 Å². The number of hydrogen-bond acceptors (Lipinski definition) is 5. The van der Waals surface area contributed by atoms with Crippen LogP contribution in [-0.4, -0.2) is 31.5 Å². The highest BCUT2D eigenvalue weighted by Crippen LogP contribution is 2.29. The maximum absolute atomic E-state index is 13.3. The Balaban J connectivity index is 2.43. The number of anilines is 2. The van der Waals surface area contributed by atoms with Crippen LogP contribution < -0.4 is 9.62 Å². The summed E-state index contributed by atoms with van der Waals surface area (Å²) < 4.78 is 51.7. The lowest BCUT2D eigenvalue weighted by Gasteiger charge is -2.29. The molecule has 0 fully saturated rings. The minimum atomic E-state index is -4.02. The lowest BCUT2D eigenvalue weighted by molar-refractivity contribution is -0.384. The Morgan fingerprint density at radius 3 is 2.36 bits per heavy atom. The molecule has 2 aromatic carbocycles. The van der Waals surface area contributed by atoms with E-state index in [9.17, 15) is 32.1 Å². The molecule has 0 aromatic heterocycles. The van der Waals surface area contributed by atoms with Crippen LogP contribution in [0.4, 0.5) is 25.8 Å². The largest absolute Gasteiger partial charge is 0.324 e. The summed E-state index contributed by atoms with van der Waals surface area (Å²) in [4.78, 5) is 22.9. The molecule has 11 heteroatoms. The molecule has 0 spiro atoms. The van der Waals surface area contributed by atoms with Gasteiger partial charge in [-0.1, -0.05) is 6.07 Å². The van der Waals surface area contributed by atoms with E-state index in [0.717, 1.165) is 34.8 Å². The fourth-order valence-corrected chi connectivity index (χ4v) is 3.77. The molecule has 0 aliphatic rings. The molecule has 1 unspecified atom stereocenters. The number of nitro groups is 1. The van der Waals surface area contributed by atoms with Crippen molar-refractivity contribution >= 4 is 33.0 Å². The second-order valence-electron chi connectivity index (χ2n) is 6.08. The number of non-ortho nitro benzene ring substituents is 1. The minimum Gasteiger partial charge on any atom is -0.324 e. The van der Waals surface area contributed by atoms with Gasteiger partial charge >= 0.3 is 0 Å². The summed E-state index contributed by atoms with van der Waals surface area (Å²) in [5.41, 5.74) is -0.0597. The number of nitrogens with zero attached hydrogens (tertiary/aromatic N) is 2. The number of nitro benzene ring substituents is 1. The van der Waals surface area contributed by atoms with Gasteiger partial charge in [-0.25, -0.2) is 17.2 Å². The molecule has 2 aromatic rings. The quantitative estimate of drug-likeness (QED) is 0.578. The lowest BCUT2D eigenvalue weighted by Crippen LogP contribution is -2.45. The normalized spacial score (nSPS) is 12.3. The van der Waals surface area contributed by atoms with Crippen LogP contribution in [0.3, 0.4) is 0 Å². The zero-order valence-electron chi connectivity index (χ0n) is 15.1. The zero-order chi connectivity index (χ0) is 21.2. The summed E-state index contributed by atoms with van der Waals surface area (Å²) in [7, 11) is -4.02. The fraction of sp³-hybridized carbons (Fsp3) is 0.235. The van der Waals surface area contributed by atoms with Crippen molar-refractivity contribution in [3.8, 4) is 0 Å². The average Bonchev–Trinajstić information content (AvgIpc) is 2.58. The van der Waals surface area contributed by atoms with Gasteiger partial charge in [0, 0.05) is 23.9 Å². The van der Waals surface area contributed by atoms with Gasteiger partial charge < -0.3 is 5.32 Å². The van der Waals surface area contributed by atoms with E-state index in [-0.39, 0.29) is 17.1 Å². The summed E-state index contributed by atoms with van der Waals surface area (Å²) >= 11 is 0. The van der Waals surface area contributed by atoms with Gasteiger partial charge in [0.2, 0.25) is 15.9 Å². The Kier molecular flexibility index (Phi) is 5.98. The van der Waals surface area contributed by atoms with Crippen LogP contribution in [-0.2, 0) is 14.8 Å². The number of carbonyl (C=O) groups is 1. The molecule has 0 radical (unpaired) electrons. The highest BCUT2D eigenvalue weighted by molar-refractivity contribution is 7.92. The molecule has 0 aliphatic heterocycles. The van der Waals surface area contributed by atoms with E-state index in [4.69, 9.17) is 0 Å². The minimum absolute atomic E-state index is 0.0374. The average molecular weight is 413 g/mol. The molecule has 2 rings (SSSR count). The molecular formula is C17H17F2N3O5S.